The first kappa shape index (κ1) is 12.8. The molecule has 0 aromatic heterocycles. The Labute approximate surface area is 93.8 Å². The summed E-state index contributed by atoms with van der Waals surface area (Å²) in [5.41, 5.74) is -0.386. The zero-order valence-electron chi connectivity index (χ0n) is 8.28. The molecule has 0 unspecified atom stereocenters. The van der Waals surface area contributed by atoms with Crippen LogP contribution in [0, 0.1) is 11.3 Å². The lowest BCUT2D eigenvalue weighted by molar-refractivity contribution is -0.153. The average Bonchev–Trinajstić information content (AvgIpc) is 2.25. The van der Waals surface area contributed by atoms with Crippen molar-refractivity contribution in [3.05, 3.63) is 29.3 Å². The van der Waals surface area contributed by atoms with E-state index in [9.17, 15) is 18.0 Å². The van der Waals surface area contributed by atoms with Crippen LogP contribution in [-0.4, -0.2) is 23.9 Å². The number of carboxylic acid groups (broad SMARTS) is 1. The molecule has 1 N–H and O–H groups in total. The zero-order valence-corrected chi connectivity index (χ0v) is 8.28. The molecule has 0 aliphatic heterocycles. The van der Waals surface area contributed by atoms with Crippen molar-refractivity contribution in [3.8, 4) is 11.8 Å². The SMILES string of the molecule is N#Cc1cc(OCC(F)(F)F)cc(C(=O)O)c1. The maximum absolute atomic E-state index is 11.9. The summed E-state index contributed by atoms with van der Waals surface area (Å²) in [5, 5.41) is 17.2. The second kappa shape index (κ2) is 4.74. The van der Waals surface area contributed by atoms with Crippen molar-refractivity contribution in [1.82, 2.24) is 0 Å². The predicted octanol–water partition coefficient (Wildman–Crippen LogP) is 2.20. The average molecular weight is 245 g/mol. The van der Waals surface area contributed by atoms with Crippen LogP contribution in [0.4, 0.5) is 13.2 Å². The van der Waals surface area contributed by atoms with Gasteiger partial charge in [0.15, 0.2) is 6.61 Å². The number of hydrogen-bond donors (Lipinski definition) is 1. The van der Waals surface area contributed by atoms with Gasteiger partial charge in [0, 0.05) is 0 Å². The number of alkyl halides is 3. The molecule has 7 heteroatoms. The van der Waals surface area contributed by atoms with E-state index in [4.69, 9.17) is 10.4 Å². The Balaban J connectivity index is 2.96. The van der Waals surface area contributed by atoms with Crippen molar-refractivity contribution in [2.75, 3.05) is 6.61 Å². The van der Waals surface area contributed by atoms with Crippen molar-refractivity contribution in [2.45, 2.75) is 6.18 Å². The maximum Gasteiger partial charge on any atom is 0.422 e. The van der Waals surface area contributed by atoms with Crippen LogP contribution in [0.5, 0.6) is 5.75 Å². The maximum atomic E-state index is 11.9. The van der Waals surface area contributed by atoms with Gasteiger partial charge in [0.2, 0.25) is 0 Å². The summed E-state index contributed by atoms with van der Waals surface area (Å²) < 4.78 is 40.0. The Kier molecular flexibility index (Phi) is 3.58. The number of carbonyl (C=O) groups is 1. The molecule has 0 amide bonds. The Morgan fingerprint density at radius 3 is 2.53 bits per heavy atom. The van der Waals surface area contributed by atoms with Crippen LogP contribution >= 0.6 is 0 Å². The monoisotopic (exact) mass is 245 g/mol. The first-order valence-electron chi connectivity index (χ1n) is 4.30. The van der Waals surface area contributed by atoms with Gasteiger partial charge in [-0.2, -0.15) is 18.4 Å². The van der Waals surface area contributed by atoms with Gasteiger partial charge in [0.05, 0.1) is 17.2 Å². The quantitative estimate of drug-likeness (QED) is 0.886. The number of aromatic carboxylic acids is 1. The highest BCUT2D eigenvalue weighted by Crippen LogP contribution is 2.21. The second-order valence-electron chi connectivity index (χ2n) is 3.07. The summed E-state index contributed by atoms with van der Waals surface area (Å²) in [4.78, 5) is 10.6. The zero-order chi connectivity index (χ0) is 13.1. The largest absolute Gasteiger partial charge is 0.484 e. The lowest BCUT2D eigenvalue weighted by Crippen LogP contribution is -2.19. The van der Waals surface area contributed by atoms with Gasteiger partial charge in [-0.3, -0.25) is 0 Å². The fourth-order valence-corrected chi connectivity index (χ4v) is 1.04. The van der Waals surface area contributed by atoms with E-state index < -0.39 is 18.8 Å². The molecule has 90 valence electrons. The van der Waals surface area contributed by atoms with Gasteiger partial charge in [0.1, 0.15) is 5.75 Å². The van der Waals surface area contributed by atoms with Crippen molar-refractivity contribution >= 4 is 5.97 Å². The smallest absolute Gasteiger partial charge is 0.422 e. The predicted molar refractivity (Wildman–Crippen MR) is 49.7 cm³/mol. The van der Waals surface area contributed by atoms with Crippen LogP contribution < -0.4 is 4.74 Å². The molecule has 0 atom stereocenters. The molecule has 17 heavy (non-hydrogen) atoms. The van der Waals surface area contributed by atoms with Crippen LogP contribution in [0.1, 0.15) is 15.9 Å². The highest BCUT2D eigenvalue weighted by atomic mass is 19.4. The summed E-state index contributed by atoms with van der Waals surface area (Å²) in [6.45, 7) is -1.54. The second-order valence-corrected chi connectivity index (χ2v) is 3.07. The Bertz CT molecular complexity index is 477. The molecule has 0 spiro atoms. The number of benzene rings is 1. The van der Waals surface area contributed by atoms with Crippen molar-refractivity contribution < 1.29 is 27.8 Å². The van der Waals surface area contributed by atoms with Crippen LogP contribution in [0.3, 0.4) is 0 Å². The summed E-state index contributed by atoms with van der Waals surface area (Å²) in [5.74, 6) is -1.65. The molecule has 0 saturated carbocycles. The lowest BCUT2D eigenvalue weighted by atomic mass is 10.1. The third-order valence-corrected chi connectivity index (χ3v) is 1.69. The van der Waals surface area contributed by atoms with Gasteiger partial charge in [-0.05, 0) is 18.2 Å². The standard InChI is InChI=1S/C10H6F3NO3/c11-10(12,13)5-17-8-2-6(4-14)1-7(3-8)9(15)16/h1-3H,5H2,(H,15,16). The van der Waals surface area contributed by atoms with E-state index in [0.29, 0.717) is 0 Å². The number of nitriles is 1. The summed E-state index contributed by atoms with van der Waals surface area (Å²) in [6.07, 6.45) is -4.52. The minimum Gasteiger partial charge on any atom is -0.484 e. The number of ether oxygens (including phenoxy) is 1. The van der Waals surface area contributed by atoms with Crippen molar-refractivity contribution in [1.29, 1.82) is 5.26 Å². The molecule has 1 aromatic carbocycles. The van der Waals surface area contributed by atoms with Gasteiger partial charge in [-0.1, -0.05) is 0 Å². The van der Waals surface area contributed by atoms with Gasteiger partial charge in [0.25, 0.3) is 0 Å². The molecule has 0 heterocycles. The third kappa shape index (κ3) is 4.03. The minimum atomic E-state index is -4.52. The van der Waals surface area contributed by atoms with Gasteiger partial charge in [-0.15, -0.1) is 0 Å². The molecule has 1 rings (SSSR count). The van der Waals surface area contributed by atoms with E-state index in [0.717, 1.165) is 18.2 Å². The van der Waals surface area contributed by atoms with Crippen molar-refractivity contribution in [2.24, 2.45) is 0 Å². The molecule has 0 aliphatic rings. The number of nitrogens with zero attached hydrogens (tertiary/aromatic N) is 1. The molecular formula is C10H6F3NO3. The fourth-order valence-electron chi connectivity index (χ4n) is 1.04. The number of hydrogen-bond acceptors (Lipinski definition) is 3. The first-order chi connectivity index (χ1) is 7.81. The topological polar surface area (TPSA) is 70.3 Å². The molecule has 0 saturated heterocycles. The molecule has 4 nitrogen and oxygen atoms in total. The highest BCUT2D eigenvalue weighted by molar-refractivity contribution is 5.88. The molecule has 0 fully saturated rings. The van der Waals surface area contributed by atoms with Crippen LogP contribution in [0.15, 0.2) is 18.2 Å². The molecule has 1 aromatic rings. The molecule has 0 aliphatic carbocycles. The highest BCUT2D eigenvalue weighted by Gasteiger charge is 2.28. The Morgan fingerprint density at radius 2 is 2.06 bits per heavy atom. The van der Waals surface area contributed by atoms with Crippen LogP contribution in [-0.2, 0) is 0 Å². The van der Waals surface area contributed by atoms with Crippen molar-refractivity contribution in [3.63, 3.8) is 0 Å². The number of rotatable bonds is 3. The normalized spacial score (nSPS) is 10.7. The van der Waals surface area contributed by atoms with Gasteiger partial charge >= 0.3 is 12.1 Å². The number of halogens is 3. The third-order valence-electron chi connectivity index (χ3n) is 1.69. The summed E-state index contributed by atoms with van der Waals surface area (Å²) in [6, 6.07) is 4.64. The van der Waals surface area contributed by atoms with E-state index in [-0.39, 0.29) is 16.9 Å². The Morgan fingerprint density at radius 1 is 1.41 bits per heavy atom. The number of carboxylic acids is 1. The van der Waals surface area contributed by atoms with Crippen LogP contribution in [0.25, 0.3) is 0 Å². The van der Waals surface area contributed by atoms with Crippen LogP contribution in [0.2, 0.25) is 0 Å². The molecule has 0 bridgehead atoms. The van der Waals surface area contributed by atoms with E-state index >= 15 is 0 Å². The molecular weight excluding hydrogens is 239 g/mol. The van der Waals surface area contributed by atoms with E-state index in [2.05, 4.69) is 4.74 Å². The van der Waals surface area contributed by atoms with Gasteiger partial charge < -0.3 is 9.84 Å². The van der Waals surface area contributed by atoms with E-state index in [1.165, 1.54) is 0 Å². The van der Waals surface area contributed by atoms with E-state index in [1.807, 2.05) is 0 Å². The Hall–Kier alpha value is -2.23. The fraction of sp³-hybridized carbons (Fsp3) is 0.200. The summed E-state index contributed by atoms with van der Waals surface area (Å²) in [7, 11) is 0. The summed E-state index contributed by atoms with van der Waals surface area (Å²) >= 11 is 0. The minimum absolute atomic E-state index is 0.0814. The van der Waals surface area contributed by atoms with Gasteiger partial charge in [-0.25, -0.2) is 4.79 Å². The first-order valence-corrected chi connectivity index (χ1v) is 4.30. The van der Waals surface area contributed by atoms with E-state index in [1.54, 1.807) is 6.07 Å². The lowest BCUT2D eigenvalue weighted by Gasteiger charge is -2.09. The molecule has 0 radical (unpaired) electrons.